The molecule has 3 heterocycles. The van der Waals surface area contributed by atoms with Crippen molar-refractivity contribution in [2.24, 2.45) is 5.41 Å². The topological polar surface area (TPSA) is 72.2 Å². The number of carbonyl (C=O) groups is 1. The van der Waals surface area contributed by atoms with Gasteiger partial charge in [0.15, 0.2) is 5.65 Å². The molecule has 0 fully saturated rings. The fourth-order valence-corrected chi connectivity index (χ4v) is 3.07. The van der Waals surface area contributed by atoms with Gasteiger partial charge in [0.05, 0.1) is 28.8 Å². The number of fused-ring (bicyclic) bond motifs is 1. The smallest absolute Gasteiger partial charge is 0.325 e. The van der Waals surface area contributed by atoms with Crippen LogP contribution in [0.4, 0.5) is 23.2 Å². The molecule has 0 saturated heterocycles. The van der Waals surface area contributed by atoms with Crippen LogP contribution in [0.1, 0.15) is 26.3 Å². The molecule has 10 heteroatoms. The summed E-state index contributed by atoms with van der Waals surface area (Å²) in [6.07, 6.45) is -1.73. The number of pyridine rings is 1. The number of nitrogens with zero attached hydrogens (tertiary/aromatic N) is 4. The molecule has 4 rings (SSSR count). The number of nitrogens with one attached hydrogen (secondary N) is 1. The number of hydrogen-bond acceptors (Lipinski definition) is 4. The van der Waals surface area contributed by atoms with Gasteiger partial charge < -0.3 is 5.32 Å². The minimum Gasteiger partial charge on any atom is -0.325 e. The van der Waals surface area contributed by atoms with Gasteiger partial charge >= 0.3 is 6.18 Å². The molecule has 6 nitrogen and oxygen atoms in total. The van der Waals surface area contributed by atoms with Crippen molar-refractivity contribution >= 4 is 17.2 Å². The van der Waals surface area contributed by atoms with E-state index in [0.29, 0.717) is 28.2 Å². The van der Waals surface area contributed by atoms with Crippen LogP contribution in [0, 0.1) is 11.4 Å². The summed E-state index contributed by atoms with van der Waals surface area (Å²) in [7, 11) is 0. The summed E-state index contributed by atoms with van der Waals surface area (Å²) >= 11 is 0. The molecule has 1 N–H and O–H groups in total. The number of amides is 1. The highest BCUT2D eigenvalue weighted by atomic mass is 19.4. The van der Waals surface area contributed by atoms with Gasteiger partial charge in [-0.25, -0.2) is 14.5 Å². The van der Waals surface area contributed by atoms with Crippen LogP contribution in [-0.4, -0.2) is 25.5 Å². The Morgan fingerprint density at radius 3 is 2.33 bits per heavy atom. The van der Waals surface area contributed by atoms with Gasteiger partial charge in [-0.05, 0) is 36.4 Å². The van der Waals surface area contributed by atoms with Gasteiger partial charge in [-0.2, -0.15) is 22.7 Å². The molecule has 0 aliphatic rings. The van der Waals surface area contributed by atoms with Gasteiger partial charge in [0, 0.05) is 22.7 Å². The fourth-order valence-electron chi connectivity index (χ4n) is 3.07. The predicted octanol–water partition coefficient (Wildman–Crippen LogP) is 5.60. The Hall–Kier alpha value is -3.82. The first-order valence-electron chi connectivity index (χ1n) is 9.93. The second-order valence-corrected chi connectivity index (χ2v) is 8.48. The number of rotatable bonds is 3. The summed E-state index contributed by atoms with van der Waals surface area (Å²) in [5.74, 6) is -1.15. The summed E-state index contributed by atoms with van der Waals surface area (Å²) in [6, 6.07) is 9.58. The molecule has 0 unspecified atom stereocenters. The van der Waals surface area contributed by atoms with Crippen molar-refractivity contribution in [2.75, 3.05) is 5.32 Å². The van der Waals surface area contributed by atoms with E-state index in [1.165, 1.54) is 35.0 Å². The van der Waals surface area contributed by atoms with E-state index in [1.807, 2.05) is 0 Å². The predicted molar refractivity (Wildman–Crippen MR) is 115 cm³/mol. The van der Waals surface area contributed by atoms with Crippen molar-refractivity contribution < 1.29 is 22.4 Å². The summed E-state index contributed by atoms with van der Waals surface area (Å²) < 4.78 is 55.1. The third-order valence-corrected chi connectivity index (χ3v) is 4.89. The Kier molecular flexibility index (Phi) is 5.39. The van der Waals surface area contributed by atoms with E-state index in [-0.39, 0.29) is 5.69 Å². The SMILES string of the molecule is CC(C)(C)C(=O)Nc1cc(-c2cn3nc(-c4ccc(F)nc4)ccc3n2)ccc1C(F)(F)F. The van der Waals surface area contributed by atoms with Gasteiger partial charge in [-0.3, -0.25) is 4.79 Å². The van der Waals surface area contributed by atoms with Crippen LogP contribution in [0.25, 0.3) is 28.2 Å². The van der Waals surface area contributed by atoms with Crippen LogP contribution in [0.15, 0.2) is 54.9 Å². The number of halogens is 4. The fraction of sp³-hybridized carbons (Fsp3) is 0.217. The summed E-state index contributed by atoms with van der Waals surface area (Å²) in [6.45, 7) is 4.84. The highest BCUT2D eigenvalue weighted by molar-refractivity contribution is 5.96. The number of aromatic nitrogens is 4. The summed E-state index contributed by atoms with van der Waals surface area (Å²) in [4.78, 5) is 20.4. The minimum atomic E-state index is -4.64. The molecule has 1 aromatic carbocycles. The molecule has 1 amide bonds. The molecule has 0 atom stereocenters. The second kappa shape index (κ2) is 7.95. The van der Waals surface area contributed by atoms with Crippen LogP contribution >= 0.6 is 0 Å². The zero-order valence-corrected chi connectivity index (χ0v) is 17.9. The van der Waals surface area contributed by atoms with Gasteiger partial charge in [0.2, 0.25) is 11.9 Å². The Morgan fingerprint density at radius 1 is 0.970 bits per heavy atom. The lowest BCUT2D eigenvalue weighted by molar-refractivity contribution is -0.137. The highest BCUT2D eigenvalue weighted by Crippen LogP contribution is 2.37. The lowest BCUT2D eigenvalue weighted by Gasteiger charge is -2.20. The monoisotopic (exact) mass is 457 g/mol. The second-order valence-electron chi connectivity index (χ2n) is 8.48. The molecule has 0 spiro atoms. The normalized spacial score (nSPS) is 12.2. The third kappa shape index (κ3) is 4.69. The van der Waals surface area contributed by atoms with Crippen LogP contribution < -0.4 is 5.32 Å². The first-order valence-corrected chi connectivity index (χ1v) is 9.93. The Bertz CT molecular complexity index is 1340. The maximum atomic E-state index is 13.5. The zero-order chi connectivity index (χ0) is 24.0. The quantitative estimate of drug-likeness (QED) is 0.321. The average molecular weight is 457 g/mol. The lowest BCUT2D eigenvalue weighted by atomic mass is 9.95. The van der Waals surface area contributed by atoms with Crippen LogP contribution in [0.3, 0.4) is 0 Å². The molecule has 33 heavy (non-hydrogen) atoms. The summed E-state index contributed by atoms with van der Waals surface area (Å²) in [5, 5.41) is 6.81. The number of alkyl halides is 3. The third-order valence-electron chi connectivity index (χ3n) is 4.89. The molecule has 0 bridgehead atoms. The van der Waals surface area contributed by atoms with Crippen LogP contribution in [0.5, 0.6) is 0 Å². The van der Waals surface area contributed by atoms with E-state index >= 15 is 0 Å². The highest BCUT2D eigenvalue weighted by Gasteiger charge is 2.35. The molecule has 0 aliphatic heterocycles. The Morgan fingerprint density at radius 2 is 1.70 bits per heavy atom. The zero-order valence-electron chi connectivity index (χ0n) is 17.9. The number of carbonyl (C=O) groups excluding carboxylic acids is 1. The largest absolute Gasteiger partial charge is 0.418 e. The number of imidazole rings is 1. The maximum absolute atomic E-state index is 13.5. The molecular formula is C23H19F4N5O. The van der Waals surface area contributed by atoms with Crippen molar-refractivity contribution in [3.8, 4) is 22.5 Å². The van der Waals surface area contributed by atoms with Crippen molar-refractivity contribution in [3.63, 3.8) is 0 Å². The van der Waals surface area contributed by atoms with Crippen LogP contribution in [0.2, 0.25) is 0 Å². The van der Waals surface area contributed by atoms with Gasteiger partial charge in [-0.15, -0.1) is 0 Å². The average Bonchev–Trinajstić information content (AvgIpc) is 3.16. The van der Waals surface area contributed by atoms with Crippen LogP contribution in [-0.2, 0) is 11.0 Å². The van der Waals surface area contributed by atoms with Crippen molar-refractivity contribution in [1.29, 1.82) is 0 Å². The van der Waals surface area contributed by atoms with Crippen molar-refractivity contribution in [1.82, 2.24) is 19.6 Å². The Labute approximate surface area is 186 Å². The molecule has 3 aromatic heterocycles. The van der Waals surface area contributed by atoms with E-state index in [1.54, 1.807) is 39.1 Å². The maximum Gasteiger partial charge on any atom is 0.418 e. The molecule has 0 radical (unpaired) electrons. The first kappa shape index (κ1) is 22.4. The van der Waals surface area contributed by atoms with Gasteiger partial charge in [-0.1, -0.05) is 26.8 Å². The van der Waals surface area contributed by atoms with Crippen molar-refractivity contribution in [2.45, 2.75) is 26.9 Å². The number of benzene rings is 1. The lowest BCUT2D eigenvalue weighted by Crippen LogP contribution is -2.28. The van der Waals surface area contributed by atoms with E-state index in [2.05, 4.69) is 20.4 Å². The van der Waals surface area contributed by atoms with Gasteiger partial charge in [0.1, 0.15) is 0 Å². The molecule has 0 aliphatic carbocycles. The first-order chi connectivity index (χ1) is 15.4. The van der Waals surface area contributed by atoms with E-state index in [9.17, 15) is 22.4 Å². The standard InChI is InChI=1S/C23H19F4N5O/c1-22(2,3)21(33)30-17-10-13(4-6-15(17)23(25,26)27)18-12-32-20(29-18)9-7-16(31-32)14-5-8-19(24)28-11-14/h4-12H,1-3H3,(H,30,33). The molecule has 170 valence electrons. The Balaban J connectivity index is 1.74. The molecule has 0 saturated carbocycles. The minimum absolute atomic E-state index is 0.344. The van der Waals surface area contributed by atoms with E-state index in [4.69, 9.17) is 0 Å². The molecule has 4 aromatic rings. The van der Waals surface area contributed by atoms with Gasteiger partial charge in [0.25, 0.3) is 0 Å². The molecular weight excluding hydrogens is 438 g/mol. The number of anilines is 1. The van der Waals surface area contributed by atoms with E-state index < -0.39 is 29.0 Å². The number of hydrogen-bond donors (Lipinski definition) is 1. The van der Waals surface area contributed by atoms with E-state index in [0.717, 1.165) is 6.07 Å². The van der Waals surface area contributed by atoms with Crippen molar-refractivity contribution in [3.05, 3.63) is 66.4 Å². The summed E-state index contributed by atoms with van der Waals surface area (Å²) in [5.41, 5.74) is 0.153.